The zero-order chi connectivity index (χ0) is 41.4. The van der Waals surface area contributed by atoms with E-state index < -0.39 is 0 Å². The molecule has 4 aromatic heterocycles. The number of fused-ring (bicyclic) bond motifs is 10. The number of nitrogens with zero attached hydrogens (tertiary/aromatic N) is 5. The van der Waals surface area contributed by atoms with Crippen molar-refractivity contribution in [2.45, 2.75) is 0 Å². The van der Waals surface area contributed by atoms with E-state index >= 15 is 0 Å². The first-order valence-corrected chi connectivity index (χ1v) is 21.2. The van der Waals surface area contributed by atoms with Gasteiger partial charge < -0.3 is 13.6 Å². The fraction of sp³-hybridized carbons (Fsp3) is 0. The normalized spacial score (nSPS) is 11.8. The van der Waals surface area contributed by atoms with E-state index in [1.165, 1.54) is 27.1 Å². The van der Waals surface area contributed by atoms with Crippen molar-refractivity contribution in [3.63, 3.8) is 0 Å². The predicted molar refractivity (Wildman–Crippen MR) is 258 cm³/mol. The topological polar surface area (TPSA) is 61.7 Å². The summed E-state index contributed by atoms with van der Waals surface area (Å²) in [6.45, 7) is 0. The Kier molecular flexibility index (Phi) is 7.80. The van der Waals surface area contributed by atoms with Crippen LogP contribution in [0.4, 0.5) is 0 Å². The van der Waals surface area contributed by atoms with Crippen molar-refractivity contribution in [1.82, 2.24) is 24.1 Å². The van der Waals surface area contributed by atoms with E-state index in [1.807, 2.05) is 66.7 Å². The minimum Gasteiger partial charge on any atom is -0.453 e. The average molecular weight is 806 g/mol. The first-order chi connectivity index (χ1) is 31.3. The summed E-state index contributed by atoms with van der Waals surface area (Å²) in [4.78, 5) is 15.2. The van der Waals surface area contributed by atoms with Crippen LogP contribution in [0.2, 0.25) is 0 Å². The van der Waals surface area contributed by atoms with Gasteiger partial charge in [0.15, 0.2) is 23.1 Å². The van der Waals surface area contributed by atoms with Crippen molar-refractivity contribution in [2.24, 2.45) is 0 Å². The van der Waals surface area contributed by atoms with Gasteiger partial charge in [0.2, 0.25) is 0 Å². The molecular weight excluding hydrogens is 771 g/mol. The van der Waals surface area contributed by atoms with Gasteiger partial charge in [-0.1, -0.05) is 182 Å². The molecule has 0 fully saturated rings. The van der Waals surface area contributed by atoms with E-state index in [0.29, 0.717) is 17.5 Å². The number of benzene rings is 9. The minimum atomic E-state index is 0.593. The van der Waals surface area contributed by atoms with E-state index in [-0.39, 0.29) is 0 Å². The molecule has 0 amide bonds. The van der Waals surface area contributed by atoms with E-state index in [0.717, 1.165) is 77.7 Å². The van der Waals surface area contributed by atoms with Crippen molar-refractivity contribution >= 4 is 65.6 Å². The maximum atomic E-state index is 7.27. The maximum Gasteiger partial charge on any atom is 0.164 e. The molecule has 4 heterocycles. The Labute approximate surface area is 361 Å². The Morgan fingerprint density at radius 1 is 0.302 bits per heavy atom. The molecule has 6 nitrogen and oxygen atoms in total. The van der Waals surface area contributed by atoms with Crippen molar-refractivity contribution in [3.05, 3.63) is 212 Å². The first-order valence-electron chi connectivity index (χ1n) is 21.2. The molecule has 0 N–H and O–H groups in total. The van der Waals surface area contributed by atoms with Gasteiger partial charge in [0.05, 0.1) is 27.8 Å². The second kappa shape index (κ2) is 14.0. The summed E-state index contributed by atoms with van der Waals surface area (Å²) in [5, 5.41) is 6.86. The predicted octanol–water partition coefficient (Wildman–Crippen LogP) is 14.6. The van der Waals surface area contributed by atoms with Crippen LogP contribution in [0.15, 0.2) is 217 Å². The van der Waals surface area contributed by atoms with E-state index in [1.54, 1.807) is 0 Å². The van der Waals surface area contributed by atoms with Crippen molar-refractivity contribution in [3.8, 4) is 56.7 Å². The van der Waals surface area contributed by atoms with Gasteiger partial charge in [-0.05, 0) is 35.9 Å². The molecule has 0 saturated heterocycles. The van der Waals surface area contributed by atoms with Gasteiger partial charge in [-0.25, -0.2) is 15.0 Å². The third-order valence-corrected chi connectivity index (χ3v) is 12.4. The van der Waals surface area contributed by atoms with Crippen LogP contribution in [0.3, 0.4) is 0 Å². The Morgan fingerprint density at radius 2 is 0.762 bits per heavy atom. The van der Waals surface area contributed by atoms with Gasteiger partial charge in [-0.15, -0.1) is 0 Å². The fourth-order valence-corrected chi connectivity index (χ4v) is 9.63. The minimum absolute atomic E-state index is 0.593. The van der Waals surface area contributed by atoms with Gasteiger partial charge in [0.25, 0.3) is 0 Å². The summed E-state index contributed by atoms with van der Waals surface area (Å²) >= 11 is 0. The fourth-order valence-electron chi connectivity index (χ4n) is 9.63. The second-order valence-electron chi connectivity index (χ2n) is 15.9. The second-order valence-corrected chi connectivity index (χ2v) is 15.9. The molecule has 0 aliphatic rings. The number of aromatic nitrogens is 5. The lowest BCUT2D eigenvalue weighted by molar-refractivity contribution is 0.667. The van der Waals surface area contributed by atoms with Crippen molar-refractivity contribution < 1.29 is 4.42 Å². The van der Waals surface area contributed by atoms with Crippen LogP contribution in [-0.2, 0) is 0 Å². The first kappa shape index (κ1) is 35.2. The molecule has 0 saturated carbocycles. The summed E-state index contributed by atoms with van der Waals surface area (Å²) in [7, 11) is 0. The zero-order valence-corrected chi connectivity index (χ0v) is 33.9. The van der Waals surface area contributed by atoms with Gasteiger partial charge >= 0.3 is 0 Å². The lowest BCUT2D eigenvalue weighted by Gasteiger charge is -2.13. The summed E-state index contributed by atoms with van der Waals surface area (Å²) in [6.07, 6.45) is 0. The molecule has 0 radical (unpaired) electrons. The van der Waals surface area contributed by atoms with Crippen LogP contribution in [0.25, 0.3) is 122 Å². The van der Waals surface area contributed by atoms with Crippen LogP contribution in [0.1, 0.15) is 0 Å². The largest absolute Gasteiger partial charge is 0.453 e. The molecule has 9 aromatic carbocycles. The zero-order valence-electron chi connectivity index (χ0n) is 33.9. The summed E-state index contributed by atoms with van der Waals surface area (Å²) in [6, 6.07) is 74.2. The lowest BCUT2D eigenvalue weighted by atomic mass is 9.97. The Balaban J connectivity index is 1.07. The molecule has 13 rings (SSSR count). The molecule has 0 spiro atoms. The van der Waals surface area contributed by atoms with Crippen LogP contribution in [0, 0.1) is 0 Å². The van der Waals surface area contributed by atoms with Crippen molar-refractivity contribution in [2.75, 3.05) is 0 Å². The monoisotopic (exact) mass is 805 g/mol. The van der Waals surface area contributed by atoms with E-state index in [9.17, 15) is 0 Å². The highest BCUT2D eigenvalue weighted by molar-refractivity contribution is 6.24. The molecule has 0 atom stereocenters. The number of hydrogen-bond acceptors (Lipinski definition) is 4. The van der Waals surface area contributed by atoms with Gasteiger partial charge in [0.1, 0.15) is 5.58 Å². The van der Waals surface area contributed by atoms with E-state index in [2.05, 4.69) is 155 Å². The molecule has 6 heteroatoms. The van der Waals surface area contributed by atoms with Crippen LogP contribution in [0.5, 0.6) is 0 Å². The SMILES string of the molecule is c1ccc(-c2nc(-c3ccccc3)nc(-c3ccccc3-c3cccc4c3oc3c(-n5c6ccccc6c6ccc7c8ccccc8n(-c8ccccc8)c7c65)cccc34)n2)cc1. The number of hydrogen-bond donors (Lipinski definition) is 0. The van der Waals surface area contributed by atoms with Crippen LogP contribution < -0.4 is 0 Å². The van der Waals surface area contributed by atoms with Gasteiger partial charge in [-0.3, -0.25) is 0 Å². The summed E-state index contributed by atoms with van der Waals surface area (Å²) in [5.41, 5.74) is 12.9. The molecule has 0 aliphatic heterocycles. The van der Waals surface area contributed by atoms with Crippen LogP contribution in [-0.4, -0.2) is 24.1 Å². The number of para-hydroxylation sites is 5. The molecule has 0 bridgehead atoms. The van der Waals surface area contributed by atoms with Gasteiger partial charge in [0, 0.05) is 60.3 Å². The molecule has 13 aromatic rings. The molecular formula is C57H35N5O. The highest BCUT2D eigenvalue weighted by atomic mass is 16.3. The molecule has 294 valence electrons. The average Bonchev–Trinajstić information content (AvgIpc) is 4.03. The summed E-state index contributed by atoms with van der Waals surface area (Å²) in [5.74, 6) is 1.83. The number of furan rings is 1. The summed E-state index contributed by atoms with van der Waals surface area (Å²) < 4.78 is 12.1. The molecule has 0 unspecified atom stereocenters. The van der Waals surface area contributed by atoms with Crippen LogP contribution >= 0.6 is 0 Å². The third kappa shape index (κ3) is 5.41. The maximum absolute atomic E-state index is 7.27. The third-order valence-electron chi connectivity index (χ3n) is 12.4. The standard InChI is InChI=1S/C57H35N5O/c1-4-18-36(19-5-1)55-58-56(37-20-6-2-7-21-37)60-57(59-55)47-27-11-10-24-39(47)44-28-16-29-45-46-30-17-33-50(54(46)63-53(44)45)62-49-32-15-13-26-41(49)43-35-34-42-40-25-12-14-31-48(40)61(51(42)52(43)62)38-22-8-3-9-23-38/h1-35H. The quantitative estimate of drug-likeness (QED) is 0.168. The highest BCUT2D eigenvalue weighted by Gasteiger charge is 2.24. The molecule has 63 heavy (non-hydrogen) atoms. The Morgan fingerprint density at radius 3 is 1.41 bits per heavy atom. The number of rotatable bonds is 6. The van der Waals surface area contributed by atoms with Gasteiger partial charge in [-0.2, -0.15) is 0 Å². The Bertz CT molecular complexity index is 3850. The molecule has 0 aliphatic carbocycles. The smallest absolute Gasteiger partial charge is 0.164 e. The lowest BCUT2D eigenvalue weighted by Crippen LogP contribution is -2.01. The Hall–Kier alpha value is -8.61. The van der Waals surface area contributed by atoms with E-state index in [4.69, 9.17) is 19.4 Å². The highest BCUT2D eigenvalue weighted by Crippen LogP contribution is 2.45. The van der Waals surface area contributed by atoms with Crippen molar-refractivity contribution in [1.29, 1.82) is 0 Å².